The normalized spacial score (nSPS) is 29.4. The van der Waals surface area contributed by atoms with E-state index in [1.54, 1.807) is 0 Å². The van der Waals surface area contributed by atoms with Crippen molar-refractivity contribution in [1.29, 1.82) is 0 Å². The third-order valence-corrected chi connectivity index (χ3v) is 6.74. The van der Waals surface area contributed by atoms with Crippen molar-refractivity contribution in [3.63, 3.8) is 0 Å². The van der Waals surface area contributed by atoms with Crippen LogP contribution in [0.4, 0.5) is 17.6 Å². The number of amides is 1. The van der Waals surface area contributed by atoms with E-state index in [1.807, 2.05) is 18.2 Å². The van der Waals surface area contributed by atoms with Gasteiger partial charge in [0.25, 0.3) is 0 Å². The van der Waals surface area contributed by atoms with Crippen LogP contribution in [0.15, 0.2) is 18.2 Å². The summed E-state index contributed by atoms with van der Waals surface area (Å²) in [5, 5.41) is 2.78. The minimum absolute atomic E-state index is 0.00487. The lowest BCUT2D eigenvalue weighted by Crippen LogP contribution is -2.38. The van der Waals surface area contributed by atoms with Gasteiger partial charge in [0.2, 0.25) is 17.8 Å². The van der Waals surface area contributed by atoms with Gasteiger partial charge < -0.3 is 10.3 Å². The number of benzene rings is 1. The number of nitrogens with zero attached hydrogens (tertiary/aromatic N) is 1. The van der Waals surface area contributed by atoms with Crippen molar-refractivity contribution >= 4 is 16.9 Å². The summed E-state index contributed by atoms with van der Waals surface area (Å²) in [6.45, 7) is 0.327. The fraction of sp³-hybridized carbons (Fsp3) is 0.619. The summed E-state index contributed by atoms with van der Waals surface area (Å²) in [6, 6.07) is 5.65. The van der Waals surface area contributed by atoms with E-state index in [9.17, 15) is 22.4 Å². The smallest absolute Gasteiger partial charge is 0.248 e. The summed E-state index contributed by atoms with van der Waals surface area (Å²) in [6.07, 6.45) is 0.427. The number of hydrogen-bond donors (Lipinski definition) is 2. The Hall–Kier alpha value is -2.12. The van der Waals surface area contributed by atoms with Crippen LogP contribution in [0.3, 0.4) is 0 Å². The lowest BCUT2D eigenvalue weighted by Gasteiger charge is -2.34. The molecule has 0 aliphatic heterocycles. The van der Waals surface area contributed by atoms with Gasteiger partial charge in [-0.1, -0.05) is 6.07 Å². The van der Waals surface area contributed by atoms with Gasteiger partial charge >= 0.3 is 0 Å². The van der Waals surface area contributed by atoms with Gasteiger partial charge in [0, 0.05) is 45.1 Å². The van der Waals surface area contributed by atoms with Crippen molar-refractivity contribution in [2.45, 2.75) is 56.9 Å². The van der Waals surface area contributed by atoms with Crippen molar-refractivity contribution in [2.24, 2.45) is 23.7 Å². The number of fused-ring (bicyclic) bond motifs is 2. The van der Waals surface area contributed by atoms with Crippen molar-refractivity contribution in [3.8, 4) is 0 Å². The maximum atomic E-state index is 13.3. The second-order valence-corrected chi connectivity index (χ2v) is 9.11. The molecule has 0 spiro atoms. The molecule has 4 nitrogen and oxygen atoms in total. The summed E-state index contributed by atoms with van der Waals surface area (Å²) in [5.74, 6) is -4.17. The molecule has 3 aliphatic rings. The number of carbonyl (C=O) groups excluding carboxylic acids is 1. The van der Waals surface area contributed by atoms with E-state index in [1.165, 1.54) is 0 Å². The molecule has 0 saturated heterocycles. The molecular weight excluding hydrogens is 386 g/mol. The van der Waals surface area contributed by atoms with Crippen molar-refractivity contribution < 1.29 is 22.4 Å². The van der Waals surface area contributed by atoms with Crippen LogP contribution in [0, 0.1) is 23.7 Å². The molecular formula is C21H23F4N3O. The minimum Gasteiger partial charge on any atom is -0.352 e. The van der Waals surface area contributed by atoms with E-state index >= 15 is 0 Å². The monoisotopic (exact) mass is 409 g/mol. The predicted octanol–water partition coefficient (Wildman–Crippen LogP) is 4.45. The summed E-state index contributed by atoms with van der Waals surface area (Å²) in [5.41, 5.74) is 2.55. The van der Waals surface area contributed by atoms with Gasteiger partial charge in [-0.15, -0.1) is 0 Å². The highest BCUT2D eigenvalue weighted by molar-refractivity contribution is 5.78. The SMILES string of the molecule is O=C(CC1CC(F)(F)C1)NCc1ccc2nc(CC3C4CC(F)(F)CC34)[nH]c2c1. The van der Waals surface area contributed by atoms with Crippen LogP contribution in [0.25, 0.3) is 11.0 Å². The average Bonchev–Trinajstić information content (AvgIpc) is 2.94. The standard InChI is InChI=1S/C21H23F4N3O/c22-20(23)6-12(7-20)4-19(29)26-10-11-1-2-16-17(3-11)28-18(27-16)5-13-14-8-21(24,25)9-15(13)14/h1-3,12-15H,4-10H2,(H,26,29)(H,27,28). The maximum Gasteiger partial charge on any atom is 0.248 e. The Morgan fingerprint density at radius 1 is 1.10 bits per heavy atom. The highest BCUT2D eigenvalue weighted by Gasteiger charge is 2.62. The van der Waals surface area contributed by atoms with Crippen LogP contribution in [0.1, 0.15) is 43.5 Å². The molecule has 2 unspecified atom stereocenters. The van der Waals surface area contributed by atoms with Crippen LogP contribution in [-0.4, -0.2) is 27.7 Å². The summed E-state index contributed by atoms with van der Waals surface area (Å²) >= 11 is 0. The molecule has 0 bridgehead atoms. The third-order valence-electron chi connectivity index (χ3n) is 6.74. The third kappa shape index (κ3) is 3.85. The minimum atomic E-state index is -2.60. The maximum absolute atomic E-state index is 13.3. The van der Waals surface area contributed by atoms with Crippen LogP contribution in [0.2, 0.25) is 0 Å². The highest BCUT2D eigenvalue weighted by Crippen LogP contribution is 2.63. The number of alkyl halides is 4. The number of hydrogen-bond acceptors (Lipinski definition) is 2. The Bertz CT molecular complexity index is 935. The van der Waals surface area contributed by atoms with Crippen LogP contribution < -0.4 is 5.32 Å². The van der Waals surface area contributed by atoms with E-state index in [0.717, 1.165) is 22.4 Å². The van der Waals surface area contributed by atoms with Gasteiger partial charge in [-0.25, -0.2) is 22.5 Å². The molecule has 3 fully saturated rings. The molecule has 29 heavy (non-hydrogen) atoms. The van der Waals surface area contributed by atoms with Crippen LogP contribution in [0.5, 0.6) is 0 Å². The quantitative estimate of drug-likeness (QED) is 0.693. The lowest BCUT2D eigenvalue weighted by molar-refractivity contribution is -0.133. The molecule has 1 heterocycles. The number of nitrogens with one attached hydrogen (secondary N) is 2. The average molecular weight is 409 g/mol. The van der Waals surface area contributed by atoms with Crippen LogP contribution in [-0.2, 0) is 17.8 Å². The topological polar surface area (TPSA) is 57.8 Å². The first-order valence-corrected chi connectivity index (χ1v) is 10.2. The largest absolute Gasteiger partial charge is 0.352 e. The fourth-order valence-corrected chi connectivity index (χ4v) is 5.21. The number of carbonyl (C=O) groups is 1. The highest BCUT2D eigenvalue weighted by atomic mass is 19.3. The number of aromatic amines is 1. The zero-order valence-corrected chi connectivity index (χ0v) is 15.9. The summed E-state index contributed by atoms with van der Waals surface area (Å²) in [4.78, 5) is 19.8. The number of rotatable bonds is 6. The van der Waals surface area contributed by atoms with E-state index in [2.05, 4.69) is 15.3 Å². The molecule has 156 valence electrons. The van der Waals surface area contributed by atoms with E-state index in [0.29, 0.717) is 18.9 Å². The Labute approximate surface area is 165 Å². The first-order valence-electron chi connectivity index (χ1n) is 10.2. The molecule has 3 saturated carbocycles. The molecule has 2 atom stereocenters. The predicted molar refractivity (Wildman–Crippen MR) is 98.6 cm³/mol. The molecule has 5 rings (SSSR count). The van der Waals surface area contributed by atoms with Crippen molar-refractivity contribution in [1.82, 2.24) is 15.3 Å². The summed E-state index contributed by atoms with van der Waals surface area (Å²) in [7, 11) is 0. The van der Waals surface area contributed by atoms with Gasteiger partial charge in [0.05, 0.1) is 11.0 Å². The first-order chi connectivity index (χ1) is 13.7. The number of H-pyrrole nitrogens is 1. The summed E-state index contributed by atoms with van der Waals surface area (Å²) < 4.78 is 52.3. The number of halogens is 4. The fourth-order valence-electron chi connectivity index (χ4n) is 5.21. The van der Waals surface area contributed by atoms with Crippen molar-refractivity contribution in [2.75, 3.05) is 0 Å². The Balaban J connectivity index is 1.15. The number of aromatic nitrogens is 2. The Morgan fingerprint density at radius 2 is 1.79 bits per heavy atom. The van der Waals surface area contributed by atoms with E-state index < -0.39 is 11.8 Å². The molecule has 8 heteroatoms. The van der Waals surface area contributed by atoms with Crippen molar-refractivity contribution in [3.05, 3.63) is 29.6 Å². The molecule has 3 aliphatic carbocycles. The lowest BCUT2D eigenvalue weighted by atomic mass is 9.79. The molecule has 0 radical (unpaired) electrons. The molecule has 1 aromatic carbocycles. The Morgan fingerprint density at radius 3 is 2.48 bits per heavy atom. The molecule has 2 N–H and O–H groups in total. The van der Waals surface area contributed by atoms with Crippen LogP contribution >= 0.6 is 0 Å². The van der Waals surface area contributed by atoms with Gasteiger partial charge in [0.1, 0.15) is 5.82 Å². The second-order valence-electron chi connectivity index (χ2n) is 9.11. The van der Waals surface area contributed by atoms with Gasteiger partial charge in [0.15, 0.2) is 0 Å². The zero-order chi connectivity index (χ0) is 20.4. The molecule has 1 aromatic heterocycles. The zero-order valence-electron chi connectivity index (χ0n) is 15.9. The van der Waals surface area contributed by atoms with E-state index in [4.69, 9.17) is 0 Å². The first kappa shape index (κ1) is 18.9. The van der Waals surface area contributed by atoms with E-state index in [-0.39, 0.29) is 55.8 Å². The van der Waals surface area contributed by atoms with Gasteiger partial charge in [-0.2, -0.15) is 0 Å². The molecule has 2 aromatic rings. The number of imidazole rings is 1. The molecule has 1 amide bonds. The Kier molecular flexibility index (Phi) is 4.19. The second kappa shape index (κ2) is 6.44. The van der Waals surface area contributed by atoms with Gasteiger partial charge in [-0.3, -0.25) is 4.79 Å². The van der Waals surface area contributed by atoms with Gasteiger partial charge in [-0.05, 0) is 41.4 Å².